The average molecular weight is 236 g/mol. The fourth-order valence-electron chi connectivity index (χ4n) is 1.84. The van der Waals surface area contributed by atoms with E-state index in [9.17, 15) is 5.11 Å². The third-order valence-corrected chi connectivity index (χ3v) is 2.93. The van der Waals surface area contributed by atoms with Crippen molar-refractivity contribution in [3.8, 4) is 0 Å². The first-order chi connectivity index (χ1) is 8.11. The summed E-state index contributed by atoms with van der Waals surface area (Å²) in [4.78, 5) is 6.74. The molecule has 0 spiro atoms. The van der Waals surface area contributed by atoms with Crippen molar-refractivity contribution in [3.05, 3.63) is 29.6 Å². The molecule has 1 unspecified atom stereocenters. The van der Waals surface area contributed by atoms with E-state index in [-0.39, 0.29) is 6.10 Å². The number of aromatic nitrogens is 1. The van der Waals surface area contributed by atoms with Crippen LogP contribution in [0.4, 0.5) is 0 Å². The molecule has 0 saturated heterocycles. The van der Waals surface area contributed by atoms with Gasteiger partial charge in [0.25, 0.3) is 0 Å². The molecule has 0 aliphatic heterocycles. The van der Waals surface area contributed by atoms with Crippen LogP contribution >= 0.6 is 0 Å². The summed E-state index contributed by atoms with van der Waals surface area (Å²) in [6.07, 6.45) is 2.64. The summed E-state index contributed by atoms with van der Waals surface area (Å²) in [5.41, 5.74) is 2.18. The molecule has 1 heterocycles. The van der Waals surface area contributed by atoms with Crippen molar-refractivity contribution < 1.29 is 5.11 Å². The lowest BCUT2D eigenvalue weighted by Crippen LogP contribution is -2.21. The van der Waals surface area contributed by atoms with Gasteiger partial charge in [-0.15, -0.1) is 0 Å². The highest BCUT2D eigenvalue weighted by atomic mass is 16.3. The number of hydrogen-bond donors (Lipinski definition) is 1. The molecule has 17 heavy (non-hydrogen) atoms. The van der Waals surface area contributed by atoms with Crippen LogP contribution in [0, 0.1) is 6.92 Å². The molecule has 1 atom stereocenters. The molecular formula is C14H24N2O. The van der Waals surface area contributed by atoms with Crippen molar-refractivity contribution in [1.29, 1.82) is 0 Å². The monoisotopic (exact) mass is 236 g/mol. The summed E-state index contributed by atoms with van der Waals surface area (Å²) in [5, 5.41) is 9.47. The fourth-order valence-corrected chi connectivity index (χ4v) is 1.84. The second kappa shape index (κ2) is 7.41. The molecule has 3 nitrogen and oxygen atoms in total. The molecular weight excluding hydrogens is 212 g/mol. The second-order valence-corrected chi connectivity index (χ2v) is 4.71. The molecule has 1 aromatic rings. The Balaban J connectivity index is 2.27. The van der Waals surface area contributed by atoms with Crippen LogP contribution < -0.4 is 0 Å². The van der Waals surface area contributed by atoms with E-state index in [0.29, 0.717) is 0 Å². The largest absolute Gasteiger partial charge is 0.393 e. The number of pyridine rings is 1. The highest BCUT2D eigenvalue weighted by Gasteiger charge is 2.04. The molecule has 1 aromatic heterocycles. The number of aliphatic hydroxyl groups excluding tert-OH is 1. The molecule has 0 amide bonds. The van der Waals surface area contributed by atoms with E-state index >= 15 is 0 Å². The molecule has 0 aromatic carbocycles. The first kappa shape index (κ1) is 14.1. The Morgan fingerprint density at radius 1 is 1.41 bits per heavy atom. The summed E-state index contributed by atoms with van der Waals surface area (Å²) in [6, 6.07) is 6.12. The van der Waals surface area contributed by atoms with Gasteiger partial charge in [-0.05, 0) is 51.9 Å². The summed E-state index contributed by atoms with van der Waals surface area (Å²) in [7, 11) is 2.10. The minimum Gasteiger partial charge on any atom is -0.393 e. The normalized spacial score (nSPS) is 13.0. The highest BCUT2D eigenvalue weighted by molar-refractivity contribution is 5.09. The predicted octanol–water partition coefficient (Wildman–Crippen LogP) is 2.37. The van der Waals surface area contributed by atoms with E-state index in [1.54, 1.807) is 0 Å². The Hall–Kier alpha value is -0.930. The van der Waals surface area contributed by atoms with Crippen LogP contribution in [-0.4, -0.2) is 34.7 Å². The fraction of sp³-hybridized carbons (Fsp3) is 0.643. The van der Waals surface area contributed by atoms with E-state index in [1.165, 1.54) is 0 Å². The number of hydrogen-bond acceptors (Lipinski definition) is 3. The van der Waals surface area contributed by atoms with E-state index in [4.69, 9.17) is 0 Å². The van der Waals surface area contributed by atoms with Crippen molar-refractivity contribution >= 4 is 0 Å². The van der Waals surface area contributed by atoms with Gasteiger partial charge in [0.15, 0.2) is 0 Å². The van der Waals surface area contributed by atoms with Gasteiger partial charge in [-0.1, -0.05) is 13.0 Å². The third-order valence-electron chi connectivity index (χ3n) is 2.93. The lowest BCUT2D eigenvalue weighted by atomic mass is 10.1. The number of aryl methyl sites for hydroxylation is 1. The second-order valence-electron chi connectivity index (χ2n) is 4.71. The van der Waals surface area contributed by atoms with E-state index in [1.807, 2.05) is 26.0 Å². The summed E-state index contributed by atoms with van der Waals surface area (Å²) < 4.78 is 0. The topological polar surface area (TPSA) is 36.4 Å². The van der Waals surface area contributed by atoms with Gasteiger partial charge in [0, 0.05) is 12.2 Å². The minimum absolute atomic E-state index is 0.138. The molecule has 0 radical (unpaired) electrons. The van der Waals surface area contributed by atoms with Crippen molar-refractivity contribution in [2.75, 3.05) is 13.6 Å². The molecule has 0 aliphatic rings. The van der Waals surface area contributed by atoms with E-state index < -0.39 is 0 Å². The number of nitrogens with zero attached hydrogens (tertiary/aromatic N) is 2. The molecule has 0 aliphatic carbocycles. The predicted molar refractivity (Wildman–Crippen MR) is 70.8 cm³/mol. The minimum atomic E-state index is -0.138. The Bertz CT molecular complexity index is 328. The van der Waals surface area contributed by atoms with Gasteiger partial charge >= 0.3 is 0 Å². The summed E-state index contributed by atoms with van der Waals surface area (Å²) >= 11 is 0. The van der Waals surface area contributed by atoms with Crippen molar-refractivity contribution in [3.63, 3.8) is 0 Å². The van der Waals surface area contributed by atoms with Gasteiger partial charge in [0.05, 0.1) is 11.8 Å². The highest BCUT2D eigenvalue weighted by Crippen LogP contribution is 2.05. The Morgan fingerprint density at radius 3 is 2.82 bits per heavy atom. The van der Waals surface area contributed by atoms with Crippen LogP contribution in [0.15, 0.2) is 18.2 Å². The summed E-state index contributed by atoms with van der Waals surface area (Å²) in [6.45, 7) is 5.92. The lowest BCUT2D eigenvalue weighted by molar-refractivity contribution is 0.151. The zero-order chi connectivity index (χ0) is 12.7. The lowest BCUT2D eigenvalue weighted by Gasteiger charge is -2.17. The maximum atomic E-state index is 9.47. The first-order valence-corrected chi connectivity index (χ1v) is 6.41. The van der Waals surface area contributed by atoms with Crippen molar-refractivity contribution in [1.82, 2.24) is 9.88 Å². The first-order valence-electron chi connectivity index (χ1n) is 6.41. The van der Waals surface area contributed by atoms with Gasteiger partial charge in [-0.3, -0.25) is 4.98 Å². The molecule has 96 valence electrons. The zero-order valence-electron chi connectivity index (χ0n) is 11.2. The number of aliphatic hydroxyl groups is 1. The van der Waals surface area contributed by atoms with Gasteiger partial charge in [0.2, 0.25) is 0 Å². The quantitative estimate of drug-likeness (QED) is 0.789. The standard InChI is InChI=1S/C14H24N2O/c1-4-14(17)9-6-10-16(3)11-13-8-5-7-12(2)15-13/h5,7-8,14,17H,4,6,9-11H2,1-3H3. The van der Waals surface area contributed by atoms with E-state index in [0.717, 1.165) is 43.7 Å². The average Bonchev–Trinajstić information content (AvgIpc) is 2.28. The number of rotatable bonds is 7. The smallest absolute Gasteiger partial charge is 0.0547 e. The molecule has 0 fully saturated rings. The maximum Gasteiger partial charge on any atom is 0.0547 e. The van der Waals surface area contributed by atoms with Crippen molar-refractivity contribution in [2.24, 2.45) is 0 Å². The van der Waals surface area contributed by atoms with Crippen LogP contribution in [0.1, 0.15) is 37.6 Å². The van der Waals surface area contributed by atoms with E-state index in [2.05, 4.69) is 23.0 Å². The van der Waals surface area contributed by atoms with Gasteiger partial charge < -0.3 is 10.0 Å². The molecule has 1 rings (SSSR count). The maximum absolute atomic E-state index is 9.47. The van der Waals surface area contributed by atoms with Gasteiger partial charge in [-0.2, -0.15) is 0 Å². The molecule has 0 bridgehead atoms. The summed E-state index contributed by atoms with van der Waals surface area (Å²) in [5.74, 6) is 0. The Morgan fingerprint density at radius 2 is 2.18 bits per heavy atom. The molecule has 3 heteroatoms. The van der Waals surface area contributed by atoms with Gasteiger partial charge in [-0.25, -0.2) is 0 Å². The molecule has 1 N–H and O–H groups in total. The van der Waals surface area contributed by atoms with Crippen LogP contribution in [0.25, 0.3) is 0 Å². The van der Waals surface area contributed by atoms with Crippen LogP contribution in [0.2, 0.25) is 0 Å². The van der Waals surface area contributed by atoms with Gasteiger partial charge in [0.1, 0.15) is 0 Å². The third kappa shape index (κ3) is 5.80. The Labute approximate surface area is 104 Å². The van der Waals surface area contributed by atoms with Crippen molar-refractivity contribution in [2.45, 2.75) is 45.8 Å². The van der Waals surface area contributed by atoms with Crippen LogP contribution in [0.3, 0.4) is 0 Å². The SMILES string of the molecule is CCC(O)CCCN(C)Cc1cccc(C)n1. The van der Waals surface area contributed by atoms with Crippen LogP contribution in [0.5, 0.6) is 0 Å². The Kier molecular flexibility index (Phi) is 6.16. The zero-order valence-corrected chi connectivity index (χ0v) is 11.2. The molecule has 0 saturated carbocycles. The van der Waals surface area contributed by atoms with Crippen LogP contribution in [-0.2, 0) is 6.54 Å².